The standard InChI is InChI=1S/C13H18FN3O3/c14-12-2-1-3-13(17(19)20)11(12)10-16-6-4-15(5-7-16)8-9-18/h1-3,18H,4-10H2. The number of piperazine rings is 1. The molecule has 0 spiro atoms. The molecule has 0 aliphatic carbocycles. The Hall–Kier alpha value is -1.57. The number of halogens is 1. The molecule has 1 N–H and O–H groups in total. The van der Waals surface area contributed by atoms with Crippen molar-refractivity contribution in [1.29, 1.82) is 0 Å². The molecule has 1 aliphatic rings. The first-order chi connectivity index (χ1) is 9.61. The lowest BCUT2D eigenvalue weighted by molar-refractivity contribution is -0.386. The van der Waals surface area contributed by atoms with Gasteiger partial charge in [0.25, 0.3) is 5.69 Å². The average molecular weight is 283 g/mol. The van der Waals surface area contributed by atoms with Crippen LogP contribution in [-0.2, 0) is 6.54 Å². The van der Waals surface area contributed by atoms with Gasteiger partial charge in [-0.1, -0.05) is 6.07 Å². The number of nitrogens with zero attached hydrogens (tertiary/aromatic N) is 3. The number of aliphatic hydroxyl groups is 1. The molecule has 1 aliphatic heterocycles. The lowest BCUT2D eigenvalue weighted by atomic mass is 10.1. The highest BCUT2D eigenvalue weighted by Gasteiger charge is 2.23. The molecule has 6 nitrogen and oxygen atoms in total. The third-order valence-electron chi connectivity index (χ3n) is 3.55. The quantitative estimate of drug-likeness (QED) is 0.640. The summed E-state index contributed by atoms with van der Waals surface area (Å²) in [6.45, 7) is 3.99. The largest absolute Gasteiger partial charge is 0.395 e. The Labute approximate surface area is 116 Å². The van der Waals surface area contributed by atoms with E-state index in [0.29, 0.717) is 19.6 Å². The van der Waals surface area contributed by atoms with E-state index < -0.39 is 10.7 Å². The van der Waals surface area contributed by atoms with Gasteiger partial charge in [-0.25, -0.2) is 4.39 Å². The molecule has 110 valence electrons. The van der Waals surface area contributed by atoms with Crippen molar-refractivity contribution in [2.45, 2.75) is 6.54 Å². The van der Waals surface area contributed by atoms with Crippen molar-refractivity contribution < 1.29 is 14.4 Å². The number of nitro groups is 1. The summed E-state index contributed by atoms with van der Waals surface area (Å²) in [7, 11) is 0. The Morgan fingerprint density at radius 3 is 2.50 bits per heavy atom. The molecule has 0 unspecified atom stereocenters. The van der Waals surface area contributed by atoms with Gasteiger partial charge >= 0.3 is 0 Å². The van der Waals surface area contributed by atoms with Crippen LogP contribution in [0.2, 0.25) is 0 Å². The molecule has 7 heteroatoms. The molecular formula is C13H18FN3O3. The Morgan fingerprint density at radius 2 is 1.90 bits per heavy atom. The van der Waals surface area contributed by atoms with Crippen molar-refractivity contribution in [2.24, 2.45) is 0 Å². The van der Waals surface area contributed by atoms with Crippen LogP contribution in [0.1, 0.15) is 5.56 Å². The maximum Gasteiger partial charge on any atom is 0.276 e. The molecular weight excluding hydrogens is 265 g/mol. The second-order valence-corrected chi connectivity index (χ2v) is 4.84. The first kappa shape index (κ1) is 14.8. The summed E-state index contributed by atoms with van der Waals surface area (Å²) >= 11 is 0. The Morgan fingerprint density at radius 1 is 1.25 bits per heavy atom. The number of hydrogen-bond donors (Lipinski definition) is 1. The maximum atomic E-state index is 13.8. The summed E-state index contributed by atoms with van der Waals surface area (Å²) in [6.07, 6.45) is 0. The second kappa shape index (κ2) is 6.74. The van der Waals surface area contributed by atoms with E-state index in [1.165, 1.54) is 18.2 Å². The summed E-state index contributed by atoms with van der Waals surface area (Å²) in [5.74, 6) is -0.531. The number of benzene rings is 1. The highest BCUT2D eigenvalue weighted by Crippen LogP contribution is 2.23. The van der Waals surface area contributed by atoms with Crippen molar-refractivity contribution in [1.82, 2.24) is 9.80 Å². The zero-order valence-corrected chi connectivity index (χ0v) is 11.2. The predicted octanol–water partition coefficient (Wildman–Crippen LogP) is 0.844. The van der Waals surface area contributed by atoms with E-state index in [-0.39, 0.29) is 24.4 Å². The summed E-state index contributed by atoms with van der Waals surface area (Å²) < 4.78 is 13.8. The van der Waals surface area contributed by atoms with E-state index in [1.807, 2.05) is 4.90 Å². The summed E-state index contributed by atoms with van der Waals surface area (Å²) in [5.41, 5.74) is -0.0177. The summed E-state index contributed by atoms with van der Waals surface area (Å²) in [6, 6.07) is 3.95. The van der Waals surface area contributed by atoms with E-state index >= 15 is 0 Å². The first-order valence-electron chi connectivity index (χ1n) is 6.59. The van der Waals surface area contributed by atoms with Gasteiger partial charge in [-0.15, -0.1) is 0 Å². The van der Waals surface area contributed by atoms with Crippen molar-refractivity contribution >= 4 is 5.69 Å². The van der Waals surface area contributed by atoms with Crippen LogP contribution >= 0.6 is 0 Å². The molecule has 2 rings (SSSR count). The monoisotopic (exact) mass is 283 g/mol. The summed E-state index contributed by atoms with van der Waals surface area (Å²) in [4.78, 5) is 14.5. The Kier molecular flexibility index (Phi) is 4.99. The second-order valence-electron chi connectivity index (χ2n) is 4.84. The van der Waals surface area contributed by atoms with Crippen molar-refractivity contribution in [3.8, 4) is 0 Å². The molecule has 1 heterocycles. The molecule has 0 bridgehead atoms. The minimum atomic E-state index is -0.541. The summed E-state index contributed by atoms with van der Waals surface area (Å²) in [5, 5.41) is 19.8. The van der Waals surface area contributed by atoms with Crippen LogP contribution in [0.4, 0.5) is 10.1 Å². The van der Waals surface area contributed by atoms with Gasteiger partial charge in [0.05, 0.1) is 17.1 Å². The van der Waals surface area contributed by atoms with E-state index in [4.69, 9.17) is 5.11 Å². The molecule has 1 fully saturated rings. The fourth-order valence-corrected chi connectivity index (χ4v) is 2.41. The first-order valence-corrected chi connectivity index (χ1v) is 6.59. The molecule has 1 aromatic rings. The van der Waals surface area contributed by atoms with Gasteiger partial charge in [0, 0.05) is 45.3 Å². The highest BCUT2D eigenvalue weighted by molar-refractivity contribution is 5.40. The third-order valence-corrected chi connectivity index (χ3v) is 3.55. The highest BCUT2D eigenvalue weighted by atomic mass is 19.1. The smallest absolute Gasteiger partial charge is 0.276 e. The number of aliphatic hydroxyl groups excluding tert-OH is 1. The molecule has 0 saturated carbocycles. The van der Waals surface area contributed by atoms with E-state index in [0.717, 1.165) is 13.1 Å². The number of β-amino-alcohol motifs (C(OH)–C–C–N with tert-alkyl or cyclic N) is 1. The molecule has 0 radical (unpaired) electrons. The Bertz CT molecular complexity index is 476. The minimum Gasteiger partial charge on any atom is -0.395 e. The van der Waals surface area contributed by atoms with Gasteiger partial charge in [0.2, 0.25) is 0 Å². The van der Waals surface area contributed by atoms with Crippen LogP contribution in [0.3, 0.4) is 0 Å². The number of hydrogen-bond acceptors (Lipinski definition) is 5. The average Bonchev–Trinajstić information content (AvgIpc) is 2.43. The predicted molar refractivity (Wildman–Crippen MR) is 71.9 cm³/mol. The lowest BCUT2D eigenvalue weighted by Crippen LogP contribution is -2.46. The van der Waals surface area contributed by atoms with Gasteiger partial charge in [0.15, 0.2) is 0 Å². The van der Waals surface area contributed by atoms with Gasteiger partial charge in [0.1, 0.15) is 5.82 Å². The van der Waals surface area contributed by atoms with Crippen LogP contribution in [0, 0.1) is 15.9 Å². The van der Waals surface area contributed by atoms with Crippen LogP contribution in [-0.4, -0.2) is 59.2 Å². The maximum absolute atomic E-state index is 13.8. The van der Waals surface area contributed by atoms with Crippen LogP contribution in [0.25, 0.3) is 0 Å². The normalized spacial score (nSPS) is 17.3. The van der Waals surface area contributed by atoms with Gasteiger partial charge in [-0.2, -0.15) is 0 Å². The van der Waals surface area contributed by atoms with Gasteiger partial charge in [-0.3, -0.25) is 19.9 Å². The molecule has 1 saturated heterocycles. The van der Waals surface area contributed by atoms with E-state index in [1.54, 1.807) is 0 Å². The molecule has 0 amide bonds. The third kappa shape index (κ3) is 3.50. The lowest BCUT2D eigenvalue weighted by Gasteiger charge is -2.34. The van der Waals surface area contributed by atoms with Gasteiger partial charge in [-0.05, 0) is 6.07 Å². The van der Waals surface area contributed by atoms with Crippen molar-refractivity contribution in [3.63, 3.8) is 0 Å². The number of rotatable bonds is 5. The van der Waals surface area contributed by atoms with Crippen molar-refractivity contribution in [3.05, 3.63) is 39.7 Å². The van der Waals surface area contributed by atoms with E-state index in [9.17, 15) is 14.5 Å². The molecule has 0 atom stereocenters. The SMILES string of the molecule is O=[N+]([O-])c1cccc(F)c1CN1CCN(CCO)CC1. The van der Waals surface area contributed by atoms with Crippen LogP contribution in [0.15, 0.2) is 18.2 Å². The van der Waals surface area contributed by atoms with Crippen LogP contribution in [0.5, 0.6) is 0 Å². The fraction of sp³-hybridized carbons (Fsp3) is 0.538. The van der Waals surface area contributed by atoms with Crippen LogP contribution < -0.4 is 0 Å². The zero-order chi connectivity index (χ0) is 14.5. The topological polar surface area (TPSA) is 69.9 Å². The fourth-order valence-electron chi connectivity index (χ4n) is 2.41. The number of nitro benzene ring substituents is 1. The zero-order valence-electron chi connectivity index (χ0n) is 11.2. The Balaban J connectivity index is 2.03. The van der Waals surface area contributed by atoms with Crippen molar-refractivity contribution in [2.75, 3.05) is 39.3 Å². The van der Waals surface area contributed by atoms with Gasteiger partial charge < -0.3 is 5.11 Å². The molecule has 20 heavy (non-hydrogen) atoms. The molecule has 0 aromatic heterocycles. The minimum absolute atomic E-state index is 0.124. The van der Waals surface area contributed by atoms with E-state index in [2.05, 4.69) is 4.90 Å². The molecule has 1 aromatic carbocycles.